The first kappa shape index (κ1) is 15.9. The van der Waals surface area contributed by atoms with Crippen molar-refractivity contribution in [1.29, 1.82) is 0 Å². The van der Waals surface area contributed by atoms with Crippen molar-refractivity contribution >= 4 is 11.0 Å². The quantitative estimate of drug-likeness (QED) is 0.628. The highest BCUT2D eigenvalue weighted by atomic mass is 16.5. The van der Waals surface area contributed by atoms with Crippen LogP contribution in [0.4, 0.5) is 0 Å². The van der Waals surface area contributed by atoms with Gasteiger partial charge in [0.1, 0.15) is 24.5 Å². The third kappa shape index (κ3) is 3.59. The molecule has 0 amide bonds. The molecule has 118 valence electrons. The van der Waals surface area contributed by atoms with Gasteiger partial charge in [0.2, 0.25) is 5.75 Å². The molecule has 0 fully saturated rings. The molecule has 1 aromatic carbocycles. The molecule has 0 aliphatic rings. The average Bonchev–Trinajstić information content (AvgIpc) is 2.48. The lowest BCUT2D eigenvalue weighted by atomic mass is 10.2. The van der Waals surface area contributed by atoms with Crippen molar-refractivity contribution in [2.75, 3.05) is 19.8 Å². The number of hydrogen-bond donors (Lipinski definition) is 2. The molecule has 0 aliphatic carbocycles. The van der Waals surface area contributed by atoms with Crippen LogP contribution in [0.25, 0.3) is 11.0 Å². The van der Waals surface area contributed by atoms with Crippen molar-refractivity contribution in [3.63, 3.8) is 0 Å². The van der Waals surface area contributed by atoms with E-state index in [1.54, 1.807) is 12.1 Å². The monoisotopic (exact) mass is 306 g/mol. The maximum atomic E-state index is 11.9. The fourth-order valence-electron chi connectivity index (χ4n) is 1.82. The topological polar surface area (TPSA) is 89.1 Å². The van der Waals surface area contributed by atoms with Crippen molar-refractivity contribution in [1.82, 2.24) is 0 Å². The van der Waals surface area contributed by atoms with Crippen molar-refractivity contribution in [2.24, 2.45) is 0 Å². The summed E-state index contributed by atoms with van der Waals surface area (Å²) in [6.07, 6.45) is 1.78. The average molecular weight is 306 g/mol. The highest BCUT2D eigenvalue weighted by Gasteiger charge is 2.15. The number of hydrogen-bond acceptors (Lipinski definition) is 6. The summed E-state index contributed by atoms with van der Waals surface area (Å²) < 4.78 is 15.7. The number of benzene rings is 1. The van der Waals surface area contributed by atoms with E-state index in [9.17, 15) is 9.90 Å². The van der Waals surface area contributed by atoms with Gasteiger partial charge in [-0.1, -0.05) is 5.57 Å². The van der Waals surface area contributed by atoms with Crippen LogP contribution in [0.3, 0.4) is 0 Å². The number of aliphatic hydroxyl groups is 1. The maximum Gasteiger partial charge on any atom is 0.383 e. The van der Waals surface area contributed by atoms with Crippen LogP contribution in [0.1, 0.15) is 13.8 Å². The molecular formula is C16H18O6. The summed E-state index contributed by atoms with van der Waals surface area (Å²) >= 11 is 0. The van der Waals surface area contributed by atoms with Crippen LogP contribution >= 0.6 is 0 Å². The number of rotatable bonds is 6. The summed E-state index contributed by atoms with van der Waals surface area (Å²) in [5, 5.41) is 19.3. The molecule has 6 heteroatoms. The highest BCUT2D eigenvalue weighted by Crippen LogP contribution is 2.33. The van der Waals surface area contributed by atoms with Crippen molar-refractivity contribution in [3.05, 3.63) is 40.3 Å². The van der Waals surface area contributed by atoms with Crippen molar-refractivity contribution in [3.8, 4) is 17.2 Å². The van der Waals surface area contributed by atoms with Gasteiger partial charge in [-0.15, -0.1) is 0 Å². The summed E-state index contributed by atoms with van der Waals surface area (Å²) in [4.78, 5) is 11.9. The Morgan fingerprint density at radius 1 is 1.32 bits per heavy atom. The SMILES string of the molecule is CC(C)=CCOc1c(O)c2cc(OCCO)ccc2oc1=O. The fraction of sp³-hybridized carbons (Fsp3) is 0.312. The lowest BCUT2D eigenvalue weighted by molar-refractivity contribution is 0.201. The van der Waals surface area contributed by atoms with Crippen LogP contribution in [0.2, 0.25) is 0 Å². The molecule has 6 nitrogen and oxygen atoms in total. The zero-order valence-corrected chi connectivity index (χ0v) is 12.5. The first-order valence-electron chi connectivity index (χ1n) is 6.82. The minimum absolute atomic E-state index is 0.120. The summed E-state index contributed by atoms with van der Waals surface area (Å²) in [6, 6.07) is 4.63. The van der Waals surface area contributed by atoms with E-state index in [0.29, 0.717) is 11.1 Å². The Labute approximate surface area is 127 Å². The lowest BCUT2D eigenvalue weighted by Gasteiger charge is -2.09. The predicted molar refractivity (Wildman–Crippen MR) is 81.7 cm³/mol. The molecule has 2 N–H and O–H groups in total. The molecule has 0 saturated carbocycles. The van der Waals surface area contributed by atoms with Gasteiger partial charge in [0.05, 0.1) is 12.0 Å². The zero-order chi connectivity index (χ0) is 16.1. The Morgan fingerprint density at radius 2 is 2.09 bits per heavy atom. The summed E-state index contributed by atoms with van der Waals surface area (Å²) in [7, 11) is 0. The second-order valence-corrected chi connectivity index (χ2v) is 4.89. The molecule has 0 bridgehead atoms. The van der Waals surface area contributed by atoms with Gasteiger partial charge in [0.15, 0.2) is 5.75 Å². The van der Waals surface area contributed by atoms with E-state index in [1.807, 2.05) is 13.8 Å². The van der Waals surface area contributed by atoms with E-state index in [0.717, 1.165) is 5.57 Å². The van der Waals surface area contributed by atoms with Crippen LogP contribution in [0.15, 0.2) is 39.1 Å². The summed E-state index contributed by atoms with van der Waals surface area (Å²) in [5.41, 5.74) is 0.522. The van der Waals surface area contributed by atoms with E-state index < -0.39 is 5.63 Å². The van der Waals surface area contributed by atoms with Crippen LogP contribution in [-0.2, 0) is 0 Å². The smallest absolute Gasteiger partial charge is 0.383 e. The van der Waals surface area contributed by atoms with E-state index in [-0.39, 0.29) is 36.9 Å². The Bertz CT molecular complexity index is 740. The molecule has 1 heterocycles. The summed E-state index contributed by atoms with van der Waals surface area (Å²) in [5.74, 6) is -0.0758. The molecule has 0 atom stereocenters. The van der Waals surface area contributed by atoms with Gasteiger partial charge in [-0.25, -0.2) is 4.79 Å². The Hall–Kier alpha value is -2.47. The van der Waals surface area contributed by atoms with Crippen LogP contribution in [0.5, 0.6) is 17.2 Å². The van der Waals surface area contributed by atoms with Crippen LogP contribution < -0.4 is 15.1 Å². The Morgan fingerprint density at radius 3 is 2.77 bits per heavy atom. The normalized spacial score (nSPS) is 10.5. The Kier molecular flexibility index (Phi) is 5.06. The first-order valence-corrected chi connectivity index (χ1v) is 6.82. The number of ether oxygens (including phenoxy) is 2. The summed E-state index contributed by atoms with van der Waals surface area (Å²) in [6.45, 7) is 3.97. The molecule has 0 spiro atoms. The van der Waals surface area contributed by atoms with Gasteiger partial charge in [0, 0.05) is 0 Å². The molecular weight excluding hydrogens is 288 g/mol. The van der Waals surface area contributed by atoms with E-state index >= 15 is 0 Å². The third-order valence-electron chi connectivity index (χ3n) is 2.89. The molecule has 2 aromatic rings. The minimum Gasteiger partial charge on any atom is -0.504 e. The van der Waals surface area contributed by atoms with Crippen molar-refractivity contribution in [2.45, 2.75) is 13.8 Å². The molecule has 1 aromatic heterocycles. The second kappa shape index (κ2) is 7.00. The molecule has 0 saturated heterocycles. The Balaban J connectivity index is 2.40. The standard InChI is InChI=1S/C16H18O6/c1-10(2)5-7-21-15-14(18)12-9-11(20-8-6-17)3-4-13(12)22-16(15)19/h3-5,9,17-18H,6-8H2,1-2H3. The number of allylic oxidation sites excluding steroid dienone is 1. The van der Waals surface area contributed by atoms with Gasteiger partial charge < -0.3 is 24.1 Å². The van der Waals surface area contributed by atoms with Gasteiger partial charge in [-0.3, -0.25) is 0 Å². The maximum absolute atomic E-state index is 11.9. The van der Waals surface area contributed by atoms with Crippen LogP contribution in [0, 0.1) is 0 Å². The lowest BCUT2D eigenvalue weighted by Crippen LogP contribution is -2.08. The largest absolute Gasteiger partial charge is 0.504 e. The minimum atomic E-state index is -0.740. The second-order valence-electron chi connectivity index (χ2n) is 4.89. The van der Waals surface area contributed by atoms with Gasteiger partial charge >= 0.3 is 5.63 Å². The molecule has 2 rings (SSSR count). The van der Waals surface area contributed by atoms with Gasteiger partial charge in [-0.05, 0) is 38.1 Å². The molecule has 0 radical (unpaired) electrons. The van der Waals surface area contributed by atoms with Gasteiger partial charge in [0.25, 0.3) is 0 Å². The third-order valence-corrected chi connectivity index (χ3v) is 2.89. The van der Waals surface area contributed by atoms with E-state index in [2.05, 4.69) is 0 Å². The van der Waals surface area contributed by atoms with E-state index in [1.165, 1.54) is 12.1 Å². The van der Waals surface area contributed by atoms with E-state index in [4.69, 9.17) is 19.0 Å². The number of aliphatic hydroxyl groups excluding tert-OH is 1. The van der Waals surface area contributed by atoms with Crippen LogP contribution in [-0.4, -0.2) is 30.0 Å². The zero-order valence-electron chi connectivity index (χ0n) is 12.5. The molecule has 0 unspecified atom stereocenters. The predicted octanol–water partition coefficient (Wildman–Crippen LogP) is 2.21. The van der Waals surface area contributed by atoms with Crippen molar-refractivity contribution < 1.29 is 24.1 Å². The molecule has 0 aliphatic heterocycles. The highest BCUT2D eigenvalue weighted by molar-refractivity contribution is 5.86. The number of aromatic hydroxyl groups is 1. The fourth-order valence-corrected chi connectivity index (χ4v) is 1.82. The first-order chi connectivity index (χ1) is 10.5. The molecule has 22 heavy (non-hydrogen) atoms. The number of fused-ring (bicyclic) bond motifs is 1. The van der Waals surface area contributed by atoms with Gasteiger partial charge in [-0.2, -0.15) is 0 Å².